The van der Waals surface area contributed by atoms with Crippen LogP contribution in [-0.4, -0.2) is 10.5 Å². The number of rotatable bonds is 1. The molecule has 10 heavy (non-hydrogen) atoms. The van der Waals surface area contributed by atoms with Gasteiger partial charge < -0.3 is 0 Å². The highest BCUT2D eigenvalue weighted by atomic mass is 32.2. The summed E-state index contributed by atoms with van der Waals surface area (Å²) in [5.74, 6) is 2.29. The van der Waals surface area contributed by atoms with Gasteiger partial charge in [0, 0.05) is 10.5 Å². The second-order valence-electron chi connectivity index (χ2n) is 4.36. The molecule has 1 aliphatic carbocycles. The van der Waals surface area contributed by atoms with Gasteiger partial charge in [-0.1, -0.05) is 20.8 Å². The molecule has 0 nitrogen and oxygen atoms in total. The minimum Gasteiger partial charge on any atom is -0.154 e. The molecule has 0 amide bonds. The average molecular weight is 156 g/mol. The molecule has 1 heteroatoms. The minimum absolute atomic E-state index is 0.692. The summed E-state index contributed by atoms with van der Waals surface area (Å²) in [6.07, 6.45) is 2.98. The van der Waals surface area contributed by atoms with Crippen LogP contribution >= 0.6 is 11.8 Å². The van der Waals surface area contributed by atoms with Crippen molar-refractivity contribution in [1.29, 1.82) is 0 Å². The summed E-state index contributed by atoms with van der Waals surface area (Å²) in [7, 11) is 0. The van der Waals surface area contributed by atoms with E-state index >= 15 is 0 Å². The lowest BCUT2D eigenvalue weighted by Gasteiger charge is -2.51. The van der Waals surface area contributed by atoms with Crippen molar-refractivity contribution < 1.29 is 0 Å². The van der Waals surface area contributed by atoms with Crippen molar-refractivity contribution in [2.75, 3.05) is 5.75 Å². The molecule has 1 heterocycles. The second-order valence-corrected chi connectivity index (χ2v) is 5.71. The fourth-order valence-corrected chi connectivity index (χ4v) is 3.99. The van der Waals surface area contributed by atoms with Gasteiger partial charge in [0.2, 0.25) is 0 Å². The summed E-state index contributed by atoms with van der Waals surface area (Å²) in [6.45, 7) is 7.22. The van der Waals surface area contributed by atoms with Crippen molar-refractivity contribution in [2.45, 2.75) is 38.4 Å². The van der Waals surface area contributed by atoms with Crippen LogP contribution in [0.15, 0.2) is 0 Å². The van der Waals surface area contributed by atoms with E-state index < -0.39 is 0 Å². The molecule has 1 aliphatic heterocycles. The van der Waals surface area contributed by atoms with Crippen LogP contribution in [0.5, 0.6) is 0 Å². The van der Waals surface area contributed by atoms with Crippen LogP contribution in [0, 0.1) is 11.3 Å². The fraction of sp³-hybridized carbons (Fsp3) is 1.00. The molecule has 1 unspecified atom stereocenters. The van der Waals surface area contributed by atoms with Gasteiger partial charge in [-0.3, -0.25) is 0 Å². The molecule has 58 valence electrons. The molecule has 0 aromatic heterocycles. The molecule has 1 saturated heterocycles. The maximum atomic E-state index is 2.47. The Morgan fingerprint density at radius 2 is 1.90 bits per heavy atom. The zero-order valence-electron chi connectivity index (χ0n) is 7.11. The first-order chi connectivity index (χ1) is 4.61. The molecule has 0 N–H and O–H groups in total. The highest BCUT2D eigenvalue weighted by Crippen LogP contribution is 2.71. The SMILES string of the molecule is CC(C)C1(C)CSC12CC2. The Balaban J connectivity index is 2.15. The van der Waals surface area contributed by atoms with Gasteiger partial charge in [0.05, 0.1) is 0 Å². The molecule has 2 fully saturated rings. The third kappa shape index (κ3) is 0.603. The molecule has 0 aromatic carbocycles. The molecule has 1 atom stereocenters. The van der Waals surface area contributed by atoms with E-state index in [1.807, 2.05) is 0 Å². The van der Waals surface area contributed by atoms with Gasteiger partial charge >= 0.3 is 0 Å². The average Bonchev–Trinajstić information content (AvgIpc) is 2.63. The lowest BCUT2D eigenvalue weighted by Crippen LogP contribution is -2.48. The van der Waals surface area contributed by atoms with Crippen molar-refractivity contribution in [3.05, 3.63) is 0 Å². The maximum absolute atomic E-state index is 2.47. The third-order valence-electron chi connectivity index (χ3n) is 3.67. The topological polar surface area (TPSA) is 0 Å². The Hall–Kier alpha value is 0.350. The van der Waals surface area contributed by atoms with E-state index in [2.05, 4.69) is 32.5 Å². The van der Waals surface area contributed by atoms with Crippen LogP contribution in [-0.2, 0) is 0 Å². The van der Waals surface area contributed by atoms with Gasteiger partial charge in [-0.15, -0.1) is 0 Å². The molecule has 0 radical (unpaired) electrons. The Morgan fingerprint density at radius 1 is 1.30 bits per heavy atom. The largest absolute Gasteiger partial charge is 0.154 e. The lowest BCUT2D eigenvalue weighted by atomic mass is 9.75. The minimum atomic E-state index is 0.692. The van der Waals surface area contributed by atoms with Crippen molar-refractivity contribution in [1.82, 2.24) is 0 Å². The molecule has 0 bridgehead atoms. The Labute approximate surface area is 67.8 Å². The van der Waals surface area contributed by atoms with Crippen molar-refractivity contribution in [3.63, 3.8) is 0 Å². The predicted octanol–water partition coefficient (Wildman–Crippen LogP) is 2.93. The van der Waals surface area contributed by atoms with E-state index in [-0.39, 0.29) is 0 Å². The van der Waals surface area contributed by atoms with Crippen LogP contribution < -0.4 is 0 Å². The molecule has 0 aromatic rings. The summed E-state index contributed by atoms with van der Waals surface area (Å²) < 4.78 is 0.765. The Morgan fingerprint density at radius 3 is 2.00 bits per heavy atom. The molecule has 1 saturated carbocycles. The van der Waals surface area contributed by atoms with E-state index in [1.54, 1.807) is 0 Å². The van der Waals surface area contributed by atoms with E-state index in [0.717, 1.165) is 10.7 Å². The lowest BCUT2D eigenvalue weighted by molar-refractivity contribution is 0.212. The van der Waals surface area contributed by atoms with Crippen molar-refractivity contribution >= 4 is 11.8 Å². The van der Waals surface area contributed by atoms with E-state index in [9.17, 15) is 0 Å². The first-order valence-electron chi connectivity index (χ1n) is 4.25. The first-order valence-corrected chi connectivity index (χ1v) is 5.23. The van der Waals surface area contributed by atoms with Gasteiger partial charge in [-0.2, -0.15) is 11.8 Å². The van der Waals surface area contributed by atoms with Crippen molar-refractivity contribution in [2.24, 2.45) is 11.3 Å². The van der Waals surface area contributed by atoms with Crippen molar-refractivity contribution in [3.8, 4) is 0 Å². The monoisotopic (exact) mass is 156 g/mol. The highest BCUT2D eigenvalue weighted by Gasteiger charge is 2.65. The van der Waals surface area contributed by atoms with Crippen LogP contribution in [0.3, 0.4) is 0 Å². The quantitative estimate of drug-likeness (QED) is 0.562. The van der Waals surface area contributed by atoms with E-state index in [1.165, 1.54) is 18.6 Å². The smallest absolute Gasteiger partial charge is 0.0225 e. The number of thioether (sulfide) groups is 1. The van der Waals surface area contributed by atoms with Gasteiger partial charge in [-0.25, -0.2) is 0 Å². The van der Waals surface area contributed by atoms with Gasteiger partial charge in [-0.05, 0) is 24.2 Å². The van der Waals surface area contributed by atoms with Gasteiger partial charge in [0.15, 0.2) is 0 Å². The highest BCUT2D eigenvalue weighted by molar-refractivity contribution is 8.02. The zero-order valence-corrected chi connectivity index (χ0v) is 7.92. The predicted molar refractivity (Wildman–Crippen MR) is 47.4 cm³/mol. The fourth-order valence-electron chi connectivity index (χ4n) is 2.03. The van der Waals surface area contributed by atoms with Crippen LogP contribution in [0.1, 0.15) is 33.6 Å². The molecule has 2 aliphatic rings. The standard InChI is InChI=1S/C9H16S/c1-7(2)8(3)6-10-9(8)4-5-9/h7H,4-6H2,1-3H3. The maximum Gasteiger partial charge on any atom is 0.0225 e. The first kappa shape index (κ1) is 7.02. The zero-order chi connectivity index (χ0) is 7.41. The number of hydrogen-bond donors (Lipinski definition) is 0. The van der Waals surface area contributed by atoms with Crippen LogP contribution in [0.2, 0.25) is 0 Å². The molecular weight excluding hydrogens is 140 g/mol. The summed E-state index contributed by atoms with van der Waals surface area (Å²) in [5.41, 5.74) is 0.692. The van der Waals surface area contributed by atoms with Crippen LogP contribution in [0.4, 0.5) is 0 Å². The normalized spacial score (nSPS) is 42.0. The van der Waals surface area contributed by atoms with Crippen LogP contribution in [0.25, 0.3) is 0 Å². The number of hydrogen-bond acceptors (Lipinski definition) is 1. The second kappa shape index (κ2) is 1.74. The summed E-state index contributed by atoms with van der Waals surface area (Å²) >= 11 is 2.21. The Kier molecular flexibility index (Phi) is 1.22. The molecule has 1 spiro atoms. The van der Waals surface area contributed by atoms with E-state index in [4.69, 9.17) is 0 Å². The summed E-state index contributed by atoms with van der Waals surface area (Å²) in [4.78, 5) is 0. The molecule has 2 rings (SSSR count). The molecular formula is C9H16S. The van der Waals surface area contributed by atoms with Gasteiger partial charge in [0.25, 0.3) is 0 Å². The summed E-state index contributed by atoms with van der Waals surface area (Å²) in [6, 6.07) is 0. The van der Waals surface area contributed by atoms with E-state index in [0.29, 0.717) is 5.41 Å². The van der Waals surface area contributed by atoms with Gasteiger partial charge in [0.1, 0.15) is 0 Å². The third-order valence-corrected chi connectivity index (χ3v) is 5.84. The Bertz CT molecular complexity index is 158. The summed E-state index contributed by atoms with van der Waals surface area (Å²) in [5, 5.41) is 0.